The quantitative estimate of drug-likeness (QED) is 0.644. The molecule has 126 valence electrons. The Labute approximate surface area is 137 Å². The molecular weight excluding hydrogens is 294 g/mol. The van der Waals surface area contributed by atoms with Crippen molar-refractivity contribution in [1.29, 1.82) is 0 Å². The normalized spacial score (nSPS) is 16.1. The highest BCUT2D eigenvalue weighted by Crippen LogP contribution is 2.22. The van der Waals surface area contributed by atoms with Gasteiger partial charge < -0.3 is 9.47 Å². The van der Waals surface area contributed by atoms with Gasteiger partial charge in [-0.15, -0.1) is 0 Å². The average molecular weight is 319 g/mol. The van der Waals surface area contributed by atoms with Gasteiger partial charge in [0.1, 0.15) is 11.5 Å². The van der Waals surface area contributed by atoms with E-state index < -0.39 is 0 Å². The summed E-state index contributed by atoms with van der Waals surface area (Å²) in [4.78, 5) is 14.2. The molecular formula is C17H25N3O3. The summed E-state index contributed by atoms with van der Waals surface area (Å²) in [6.07, 6.45) is 6.41. The van der Waals surface area contributed by atoms with Gasteiger partial charge in [0.05, 0.1) is 27.0 Å². The summed E-state index contributed by atoms with van der Waals surface area (Å²) in [6, 6.07) is 5.43. The molecule has 23 heavy (non-hydrogen) atoms. The molecule has 0 spiro atoms. The molecule has 0 radical (unpaired) electrons. The number of nitrogens with one attached hydrogen (secondary N) is 1. The number of rotatable bonds is 6. The molecule has 0 aliphatic carbocycles. The molecule has 1 heterocycles. The summed E-state index contributed by atoms with van der Waals surface area (Å²) in [5.74, 6) is 1.30. The van der Waals surface area contributed by atoms with E-state index >= 15 is 0 Å². The SMILES string of the molecule is COc1ccc(OC)c(/C=N/NC(=O)CN2CCCCCC2)c1. The van der Waals surface area contributed by atoms with Gasteiger partial charge in [0, 0.05) is 5.56 Å². The van der Waals surface area contributed by atoms with E-state index in [1.807, 2.05) is 12.1 Å². The molecule has 0 aromatic heterocycles. The number of nitrogens with zero attached hydrogens (tertiary/aromatic N) is 2. The van der Waals surface area contributed by atoms with Crippen molar-refractivity contribution in [2.24, 2.45) is 5.10 Å². The van der Waals surface area contributed by atoms with E-state index in [1.54, 1.807) is 26.5 Å². The highest BCUT2D eigenvalue weighted by Gasteiger charge is 2.12. The molecule has 6 nitrogen and oxygen atoms in total. The Morgan fingerprint density at radius 2 is 1.96 bits per heavy atom. The number of benzene rings is 1. The molecule has 0 atom stereocenters. The van der Waals surface area contributed by atoms with Crippen molar-refractivity contribution < 1.29 is 14.3 Å². The summed E-state index contributed by atoms with van der Waals surface area (Å²) in [6.45, 7) is 2.37. The average Bonchev–Trinajstić information content (AvgIpc) is 2.83. The van der Waals surface area contributed by atoms with Gasteiger partial charge in [0.25, 0.3) is 5.91 Å². The van der Waals surface area contributed by atoms with Crippen molar-refractivity contribution in [1.82, 2.24) is 10.3 Å². The van der Waals surface area contributed by atoms with Crippen molar-refractivity contribution in [3.05, 3.63) is 23.8 Å². The Kier molecular flexibility index (Phi) is 6.87. The van der Waals surface area contributed by atoms with Crippen LogP contribution in [0.3, 0.4) is 0 Å². The number of amides is 1. The molecule has 6 heteroatoms. The fourth-order valence-electron chi connectivity index (χ4n) is 2.65. The molecule has 1 aromatic rings. The lowest BCUT2D eigenvalue weighted by Crippen LogP contribution is -2.35. The molecule has 1 saturated heterocycles. The number of methoxy groups -OCH3 is 2. The predicted octanol–water partition coefficient (Wildman–Crippen LogP) is 2.03. The van der Waals surface area contributed by atoms with Gasteiger partial charge >= 0.3 is 0 Å². The topological polar surface area (TPSA) is 63.2 Å². The molecule has 0 saturated carbocycles. The molecule has 0 unspecified atom stereocenters. The summed E-state index contributed by atoms with van der Waals surface area (Å²) >= 11 is 0. The molecule has 1 aliphatic heterocycles. The van der Waals surface area contributed by atoms with Crippen LogP contribution in [0.4, 0.5) is 0 Å². The fourth-order valence-corrected chi connectivity index (χ4v) is 2.65. The third kappa shape index (κ3) is 5.56. The van der Waals surface area contributed by atoms with Crippen molar-refractivity contribution in [3.8, 4) is 11.5 Å². The minimum Gasteiger partial charge on any atom is -0.497 e. The van der Waals surface area contributed by atoms with Gasteiger partial charge in [0.15, 0.2) is 0 Å². The third-order valence-electron chi connectivity index (χ3n) is 3.90. The smallest absolute Gasteiger partial charge is 0.254 e. The van der Waals surface area contributed by atoms with E-state index in [0.717, 1.165) is 31.5 Å². The second kappa shape index (κ2) is 9.15. The Balaban J connectivity index is 1.89. The highest BCUT2D eigenvalue weighted by molar-refractivity contribution is 5.86. The summed E-state index contributed by atoms with van der Waals surface area (Å²) in [7, 11) is 3.20. The van der Waals surface area contributed by atoms with Crippen LogP contribution in [0, 0.1) is 0 Å². The Bertz CT molecular complexity index is 538. The lowest BCUT2D eigenvalue weighted by atomic mass is 10.2. The predicted molar refractivity (Wildman–Crippen MR) is 90.2 cm³/mol. The Morgan fingerprint density at radius 1 is 1.22 bits per heavy atom. The van der Waals surface area contributed by atoms with Gasteiger partial charge in [-0.25, -0.2) is 5.43 Å². The minimum absolute atomic E-state index is 0.0926. The number of hydrogen-bond donors (Lipinski definition) is 1. The van der Waals surface area contributed by atoms with Crippen LogP contribution in [0.2, 0.25) is 0 Å². The summed E-state index contributed by atoms with van der Waals surface area (Å²) in [5, 5.41) is 4.03. The van der Waals surface area contributed by atoms with E-state index in [-0.39, 0.29) is 5.91 Å². The van der Waals surface area contributed by atoms with Gasteiger partial charge in [-0.2, -0.15) is 5.10 Å². The summed E-state index contributed by atoms with van der Waals surface area (Å²) < 4.78 is 10.5. The van der Waals surface area contributed by atoms with Crippen molar-refractivity contribution in [3.63, 3.8) is 0 Å². The van der Waals surface area contributed by atoms with Crippen molar-refractivity contribution in [2.45, 2.75) is 25.7 Å². The number of carbonyl (C=O) groups is 1. The fraction of sp³-hybridized carbons (Fsp3) is 0.529. The van der Waals surface area contributed by atoms with Crippen LogP contribution in [-0.4, -0.2) is 50.9 Å². The first-order valence-corrected chi connectivity index (χ1v) is 7.99. The van der Waals surface area contributed by atoms with E-state index in [4.69, 9.17) is 9.47 Å². The van der Waals surface area contributed by atoms with Crippen LogP contribution in [0.1, 0.15) is 31.2 Å². The van der Waals surface area contributed by atoms with Crippen LogP contribution >= 0.6 is 0 Å². The first-order valence-electron chi connectivity index (χ1n) is 7.99. The molecule has 1 N–H and O–H groups in total. The maximum Gasteiger partial charge on any atom is 0.254 e. The maximum atomic E-state index is 12.0. The van der Waals surface area contributed by atoms with Gasteiger partial charge in [-0.1, -0.05) is 12.8 Å². The van der Waals surface area contributed by atoms with E-state index in [9.17, 15) is 4.79 Å². The zero-order valence-corrected chi connectivity index (χ0v) is 13.9. The van der Waals surface area contributed by atoms with Crippen LogP contribution in [0.15, 0.2) is 23.3 Å². The third-order valence-corrected chi connectivity index (χ3v) is 3.90. The highest BCUT2D eigenvalue weighted by atomic mass is 16.5. The lowest BCUT2D eigenvalue weighted by molar-refractivity contribution is -0.122. The lowest BCUT2D eigenvalue weighted by Gasteiger charge is -2.17. The molecule has 1 amide bonds. The maximum absolute atomic E-state index is 12.0. The Morgan fingerprint density at radius 3 is 2.61 bits per heavy atom. The van der Waals surface area contributed by atoms with Gasteiger partial charge in [0.2, 0.25) is 0 Å². The van der Waals surface area contributed by atoms with Gasteiger partial charge in [-0.05, 0) is 44.1 Å². The molecule has 1 aromatic carbocycles. The summed E-state index contributed by atoms with van der Waals surface area (Å²) in [5.41, 5.74) is 3.33. The monoisotopic (exact) mass is 319 g/mol. The van der Waals surface area contributed by atoms with Crippen molar-refractivity contribution in [2.75, 3.05) is 33.9 Å². The zero-order valence-electron chi connectivity index (χ0n) is 13.9. The van der Waals surface area contributed by atoms with Crippen LogP contribution in [0.25, 0.3) is 0 Å². The van der Waals surface area contributed by atoms with E-state index in [1.165, 1.54) is 12.8 Å². The number of likely N-dealkylation sites (tertiary alicyclic amines) is 1. The molecule has 0 bridgehead atoms. The number of ether oxygens (including phenoxy) is 2. The Hall–Kier alpha value is -2.08. The second-order valence-electron chi connectivity index (χ2n) is 5.59. The van der Waals surface area contributed by atoms with Crippen molar-refractivity contribution >= 4 is 12.1 Å². The van der Waals surface area contributed by atoms with Gasteiger partial charge in [-0.3, -0.25) is 9.69 Å². The number of hydrogen-bond acceptors (Lipinski definition) is 5. The standard InChI is InChI=1S/C17H25N3O3/c1-22-15-7-8-16(23-2)14(11-15)12-18-19-17(21)13-20-9-5-3-4-6-10-20/h7-8,11-12H,3-6,9-10,13H2,1-2H3,(H,19,21)/b18-12+. The van der Waals surface area contributed by atoms with E-state index in [0.29, 0.717) is 18.0 Å². The van der Waals surface area contributed by atoms with E-state index in [2.05, 4.69) is 15.4 Å². The second-order valence-corrected chi connectivity index (χ2v) is 5.59. The molecule has 1 fully saturated rings. The van der Waals surface area contributed by atoms with Crippen LogP contribution in [-0.2, 0) is 4.79 Å². The zero-order chi connectivity index (χ0) is 16.5. The minimum atomic E-state index is -0.0926. The first kappa shape index (κ1) is 17.3. The number of carbonyl (C=O) groups excluding carboxylic acids is 1. The largest absolute Gasteiger partial charge is 0.497 e. The molecule has 2 rings (SSSR count). The number of hydrazone groups is 1. The molecule has 1 aliphatic rings. The first-order chi connectivity index (χ1) is 11.2. The van der Waals surface area contributed by atoms with Crippen LogP contribution < -0.4 is 14.9 Å². The van der Waals surface area contributed by atoms with Crippen LogP contribution in [0.5, 0.6) is 11.5 Å².